The minimum atomic E-state index is -0.502. The highest BCUT2D eigenvalue weighted by Crippen LogP contribution is 2.27. The summed E-state index contributed by atoms with van der Waals surface area (Å²) < 4.78 is 15.6. The Kier molecular flexibility index (Phi) is 10.8. The summed E-state index contributed by atoms with van der Waals surface area (Å²) in [6.07, 6.45) is 3.63. The van der Waals surface area contributed by atoms with Crippen molar-refractivity contribution in [2.24, 2.45) is 5.92 Å². The number of halogens is 2. The first-order valence-electron chi connectivity index (χ1n) is 9.31. The molecule has 160 valence electrons. The Bertz CT molecular complexity index is 758. The molecule has 0 fully saturated rings. The first-order valence-corrected chi connectivity index (χ1v) is 10.1. The number of allylic oxidation sites excluding steroid dienone is 1. The number of carbonyl (C=O) groups is 2. The van der Waals surface area contributed by atoms with Gasteiger partial charge in [-0.05, 0) is 62.8 Å². The average Bonchev–Trinajstić information content (AvgIpc) is 2.67. The molecule has 0 radical (unpaired) electrons. The molecule has 0 N–H and O–H groups in total. The van der Waals surface area contributed by atoms with Crippen LogP contribution >= 0.6 is 23.2 Å². The van der Waals surface area contributed by atoms with Crippen LogP contribution in [0.1, 0.15) is 40.0 Å². The SMILES string of the molecule is C=C(C)C(CCC(C)CC=C(C)C(=O)OC)OC(=O)COc1ccc(Cl)cc1Cl. The highest BCUT2D eigenvalue weighted by molar-refractivity contribution is 6.35. The molecule has 1 aromatic rings. The van der Waals surface area contributed by atoms with E-state index >= 15 is 0 Å². The lowest BCUT2D eigenvalue weighted by molar-refractivity contribution is -0.150. The lowest BCUT2D eigenvalue weighted by atomic mass is 9.96. The van der Waals surface area contributed by atoms with Crippen molar-refractivity contribution in [2.75, 3.05) is 13.7 Å². The first-order chi connectivity index (χ1) is 13.6. The van der Waals surface area contributed by atoms with Crippen molar-refractivity contribution >= 4 is 35.1 Å². The smallest absolute Gasteiger partial charge is 0.344 e. The third-order valence-corrected chi connectivity index (χ3v) is 4.85. The van der Waals surface area contributed by atoms with Crippen LogP contribution in [0.2, 0.25) is 10.0 Å². The zero-order valence-corrected chi connectivity index (χ0v) is 18.8. The summed E-state index contributed by atoms with van der Waals surface area (Å²) in [5.74, 6) is -0.162. The molecule has 0 bridgehead atoms. The van der Waals surface area contributed by atoms with E-state index in [1.54, 1.807) is 19.1 Å². The van der Waals surface area contributed by atoms with Crippen LogP contribution in [0, 0.1) is 5.92 Å². The van der Waals surface area contributed by atoms with Crippen molar-refractivity contribution in [2.45, 2.75) is 46.1 Å². The van der Waals surface area contributed by atoms with Crippen molar-refractivity contribution in [3.63, 3.8) is 0 Å². The van der Waals surface area contributed by atoms with Crippen LogP contribution in [-0.2, 0) is 19.1 Å². The zero-order chi connectivity index (χ0) is 22.0. The molecular formula is C22H28Cl2O5. The monoisotopic (exact) mass is 442 g/mol. The molecule has 0 spiro atoms. The molecule has 0 saturated heterocycles. The summed E-state index contributed by atoms with van der Waals surface area (Å²) in [5.41, 5.74) is 1.34. The van der Waals surface area contributed by atoms with Crippen LogP contribution in [0.25, 0.3) is 0 Å². The molecule has 0 aliphatic rings. The van der Waals surface area contributed by atoms with Gasteiger partial charge in [0.1, 0.15) is 11.9 Å². The van der Waals surface area contributed by atoms with Gasteiger partial charge in [-0.2, -0.15) is 0 Å². The number of methoxy groups -OCH3 is 1. The fraction of sp³-hybridized carbons (Fsp3) is 0.455. The van der Waals surface area contributed by atoms with Crippen LogP contribution < -0.4 is 4.74 Å². The average molecular weight is 443 g/mol. The molecule has 0 aliphatic carbocycles. The Labute approximate surface area is 182 Å². The summed E-state index contributed by atoms with van der Waals surface area (Å²) >= 11 is 11.9. The highest BCUT2D eigenvalue weighted by atomic mass is 35.5. The number of ether oxygens (including phenoxy) is 3. The zero-order valence-electron chi connectivity index (χ0n) is 17.3. The number of esters is 2. The molecule has 1 aromatic carbocycles. The Morgan fingerprint density at radius 1 is 1.21 bits per heavy atom. The molecule has 0 saturated carbocycles. The molecule has 0 amide bonds. The molecule has 2 unspecified atom stereocenters. The number of benzene rings is 1. The Morgan fingerprint density at radius 2 is 1.90 bits per heavy atom. The van der Waals surface area contributed by atoms with Gasteiger partial charge in [0.15, 0.2) is 6.61 Å². The maximum Gasteiger partial charge on any atom is 0.344 e. The second kappa shape index (κ2) is 12.6. The third kappa shape index (κ3) is 9.37. The molecule has 1 rings (SSSR count). The predicted molar refractivity (Wildman–Crippen MR) is 115 cm³/mol. The van der Waals surface area contributed by atoms with Crippen LogP contribution in [0.3, 0.4) is 0 Å². The maximum atomic E-state index is 12.2. The minimum Gasteiger partial charge on any atom is -0.480 e. The lowest BCUT2D eigenvalue weighted by Gasteiger charge is -2.20. The summed E-state index contributed by atoms with van der Waals surface area (Å²) in [5, 5.41) is 0.809. The van der Waals surface area contributed by atoms with E-state index in [-0.39, 0.29) is 12.6 Å². The van der Waals surface area contributed by atoms with Gasteiger partial charge in [-0.15, -0.1) is 0 Å². The molecule has 2 atom stereocenters. The largest absolute Gasteiger partial charge is 0.480 e. The van der Waals surface area contributed by atoms with Crippen molar-refractivity contribution in [1.29, 1.82) is 0 Å². The second-order valence-electron chi connectivity index (χ2n) is 6.99. The topological polar surface area (TPSA) is 61.8 Å². The van der Waals surface area contributed by atoms with E-state index in [1.165, 1.54) is 13.2 Å². The predicted octanol–water partition coefficient (Wildman–Crippen LogP) is 5.79. The molecule has 0 aromatic heterocycles. The van der Waals surface area contributed by atoms with Gasteiger partial charge in [0.05, 0.1) is 12.1 Å². The van der Waals surface area contributed by atoms with E-state index in [1.807, 2.05) is 13.0 Å². The van der Waals surface area contributed by atoms with Gasteiger partial charge in [-0.1, -0.05) is 42.8 Å². The number of carbonyl (C=O) groups excluding carboxylic acids is 2. The molecular weight excluding hydrogens is 415 g/mol. The standard InChI is InChI=1S/C22H28Cl2O5/c1-14(2)19(10-7-15(3)6-8-16(4)22(26)27-5)29-21(25)13-28-20-11-9-17(23)12-18(20)24/h8-9,11-12,15,19H,1,6-7,10,13H2,2-5H3. The third-order valence-electron chi connectivity index (χ3n) is 4.32. The maximum absolute atomic E-state index is 12.2. The van der Waals surface area contributed by atoms with Crippen LogP contribution in [0.5, 0.6) is 5.75 Å². The van der Waals surface area contributed by atoms with Gasteiger partial charge in [0, 0.05) is 10.6 Å². The fourth-order valence-corrected chi connectivity index (χ4v) is 2.97. The lowest BCUT2D eigenvalue weighted by Crippen LogP contribution is -2.24. The van der Waals surface area contributed by atoms with E-state index in [0.29, 0.717) is 33.7 Å². The fourth-order valence-electron chi connectivity index (χ4n) is 2.50. The molecule has 0 heterocycles. The van der Waals surface area contributed by atoms with Crippen molar-refractivity contribution < 1.29 is 23.8 Å². The Hall–Kier alpha value is -1.98. The Balaban J connectivity index is 2.50. The van der Waals surface area contributed by atoms with E-state index in [9.17, 15) is 9.59 Å². The number of rotatable bonds is 11. The van der Waals surface area contributed by atoms with Crippen LogP contribution in [0.15, 0.2) is 42.0 Å². The summed E-state index contributed by atoms with van der Waals surface area (Å²) in [6.45, 7) is 9.27. The quantitative estimate of drug-likeness (QED) is 0.246. The molecule has 5 nitrogen and oxygen atoms in total. The van der Waals surface area contributed by atoms with E-state index < -0.39 is 12.1 Å². The number of hydrogen-bond acceptors (Lipinski definition) is 5. The molecule has 0 aliphatic heterocycles. The second-order valence-corrected chi connectivity index (χ2v) is 7.83. The first kappa shape index (κ1) is 25.1. The molecule has 7 heteroatoms. The summed E-state index contributed by atoms with van der Waals surface area (Å²) in [7, 11) is 1.36. The minimum absolute atomic E-state index is 0.262. The van der Waals surface area contributed by atoms with Crippen molar-refractivity contribution in [3.05, 3.63) is 52.0 Å². The van der Waals surface area contributed by atoms with E-state index in [0.717, 1.165) is 18.4 Å². The van der Waals surface area contributed by atoms with Gasteiger partial charge in [0.25, 0.3) is 0 Å². The normalized spacial score (nSPS) is 13.4. The van der Waals surface area contributed by atoms with E-state index in [2.05, 4.69) is 18.2 Å². The van der Waals surface area contributed by atoms with E-state index in [4.69, 9.17) is 32.7 Å². The van der Waals surface area contributed by atoms with Gasteiger partial charge < -0.3 is 14.2 Å². The van der Waals surface area contributed by atoms with Crippen molar-refractivity contribution in [1.82, 2.24) is 0 Å². The van der Waals surface area contributed by atoms with Gasteiger partial charge in [-0.25, -0.2) is 9.59 Å². The highest BCUT2D eigenvalue weighted by Gasteiger charge is 2.18. The number of hydrogen-bond donors (Lipinski definition) is 0. The van der Waals surface area contributed by atoms with Gasteiger partial charge >= 0.3 is 11.9 Å². The molecule has 29 heavy (non-hydrogen) atoms. The Morgan fingerprint density at radius 3 is 2.48 bits per heavy atom. The van der Waals surface area contributed by atoms with Crippen molar-refractivity contribution in [3.8, 4) is 5.75 Å². The van der Waals surface area contributed by atoms with Gasteiger partial charge in [-0.3, -0.25) is 0 Å². The van der Waals surface area contributed by atoms with Crippen LogP contribution in [-0.4, -0.2) is 31.8 Å². The summed E-state index contributed by atoms with van der Waals surface area (Å²) in [4.78, 5) is 23.6. The van der Waals surface area contributed by atoms with Crippen LogP contribution in [0.4, 0.5) is 0 Å². The van der Waals surface area contributed by atoms with Gasteiger partial charge in [0.2, 0.25) is 0 Å². The summed E-state index contributed by atoms with van der Waals surface area (Å²) in [6, 6.07) is 4.76.